The van der Waals surface area contributed by atoms with Crippen molar-refractivity contribution >= 4 is 38.1 Å². The van der Waals surface area contributed by atoms with Crippen molar-refractivity contribution in [2.45, 2.75) is 38.6 Å². The molecule has 0 aliphatic rings. The number of sulfonamides is 1. The summed E-state index contributed by atoms with van der Waals surface area (Å²) in [6.45, 7) is 8.35. The second-order valence-electron chi connectivity index (χ2n) is 6.65. The van der Waals surface area contributed by atoms with Gasteiger partial charge >= 0.3 is 0 Å². The highest BCUT2D eigenvalue weighted by Gasteiger charge is 2.15. The first-order chi connectivity index (χ1) is 13.8. The van der Waals surface area contributed by atoms with E-state index in [1.807, 2.05) is 19.9 Å². The van der Waals surface area contributed by atoms with Crippen LogP contribution in [0.1, 0.15) is 26.5 Å². The zero-order chi connectivity index (χ0) is 21.0. The molecule has 154 valence electrons. The number of hydrogen-bond acceptors (Lipinski definition) is 8. The monoisotopic (exact) mass is 432 g/mol. The Hall–Kier alpha value is -2.56. The van der Waals surface area contributed by atoms with Crippen molar-refractivity contribution < 1.29 is 8.42 Å². The highest BCUT2D eigenvalue weighted by molar-refractivity contribution is 7.89. The van der Waals surface area contributed by atoms with Gasteiger partial charge in [0.2, 0.25) is 16.0 Å². The van der Waals surface area contributed by atoms with E-state index in [-0.39, 0.29) is 10.9 Å². The van der Waals surface area contributed by atoms with E-state index in [9.17, 15) is 8.42 Å². The molecule has 3 N–H and O–H groups in total. The van der Waals surface area contributed by atoms with E-state index in [1.165, 1.54) is 0 Å². The van der Waals surface area contributed by atoms with Crippen molar-refractivity contribution in [3.05, 3.63) is 42.2 Å². The highest BCUT2D eigenvalue weighted by Crippen LogP contribution is 2.32. The molecule has 1 aromatic carbocycles. The Labute approximate surface area is 174 Å². The molecule has 0 saturated heterocycles. The number of hydrogen-bond donors (Lipinski definition) is 3. The molecule has 3 aromatic rings. The molecule has 0 amide bonds. The minimum Gasteiger partial charge on any atom is -0.362 e. The van der Waals surface area contributed by atoms with E-state index < -0.39 is 10.0 Å². The zero-order valence-electron chi connectivity index (χ0n) is 16.7. The lowest BCUT2D eigenvalue weighted by molar-refractivity contribution is 0.570. The third-order valence-electron chi connectivity index (χ3n) is 3.82. The molecule has 0 atom stereocenters. The van der Waals surface area contributed by atoms with Gasteiger partial charge in [0.25, 0.3) is 0 Å². The molecule has 0 fully saturated rings. The van der Waals surface area contributed by atoms with Crippen molar-refractivity contribution in [3.63, 3.8) is 0 Å². The molecule has 0 saturated carbocycles. The van der Waals surface area contributed by atoms with Crippen molar-refractivity contribution in [1.29, 1.82) is 0 Å². The molecule has 2 heterocycles. The fourth-order valence-electron chi connectivity index (χ4n) is 2.63. The van der Waals surface area contributed by atoms with Gasteiger partial charge in [-0.15, -0.1) is 0 Å². The van der Waals surface area contributed by atoms with Gasteiger partial charge in [-0.2, -0.15) is 0 Å². The Morgan fingerprint density at radius 2 is 1.83 bits per heavy atom. The zero-order valence-corrected chi connectivity index (χ0v) is 18.4. The summed E-state index contributed by atoms with van der Waals surface area (Å²) in [5, 5.41) is 7.19. The summed E-state index contributed by atoms with van der Waals surface area (Å²) < 4.78 is 27.0. The molecule has 0 radical (unpaired) electrons. The number of aryl methyl sites for hydroxylation is 1. The lowest BCUT2D eigenvalue weighted by atomic mass is 10.3. The quantitative estimate of drug-likeness (QED) is 0.497. The third kappa shape index (κ3) is 5.28. The highest BCUT2D eigenvalue weighted by atomic mass is 32.2. The summed E-state index contributed by atoms with van der Waals surface area (Å²) in [4.78, 5) is 14.5. The van der Waals surface area contributed by atoms with Crippen LogP contribution in [-0.2, 0) is 10.0 Å². The number of nitrogens with zero attached hydrogens (tertiary/aromatic N) is 3. The largest absolute Gasteiger partial charge is 0.362 e. The topological polar surface area (TPSA) is 109 Å². The van der Waals surface area contributed by atoms with E-state index in [2.05, 4.69) is 30.3 Å². The van der Waals surface area contributed by atoms with Crippen molar-refractivity contribution in [2.24, 2.45) is 0 Å². The van der Waals surface area contributed by atoms with Crippen LogP contribution >= 0.6 is 11.3 Å². The number of anilines is 3. The Balaban J connectivity index is 1.79. The molecule has 0 aliphatic carbocycles. The number of rotatable bonds is 8. The minimum absolute atomic E-state index is 0.169. The lowest BCUT2D eigenvalue weighted by Gasteiger charge is -2.10. The van der Waals surface area contributed by atoms with Gasteiger partial charge in [-0.1, -0.05) is 11.3 Å². The average Bonchev–Trinajstić information content (AvgIpc) is 3.02. The van der Waals surface area contributed by atoms with Crippen LogP contribution in [0.25, 0.3) is 10.6 Å². The third-order valence-corrected chi connectivity index (χ3v) is 6.64. The molecule has 3 rings (SSSR count). The maximum Gasteiger partial charge on any atom is 0.240 e. The van der Waals surface area contributed by atoms with Gasteiger partial charge < -0.3 is 10.6 Å². The lowest BCUT2D eigenvalue weighted by Crippen LogP contribution is -2.30. The van der Waals surface area contributed by atoms with Crippen LogP contribution in [0.2, 0.25) is 0 Å². The second kappa shape index (κ2) is 8.85. The molecule has 0 bridgehead atoms. The summed E-state index contributed by atoms with van der Waals surface area (Å²) in [6, 6.07) is 8.14. The first-order valence-electron chi connectivity index (χ1n) is 9.22. The molecular formula is C19H24N6O2S2. The van der Waals surface area contributed by atoms with Crippen LogP contribution in [0.4, 0.5) is 16.8 Å². The number of aromatic nitrogens is 3. The van der Waals surface area contributed by atoms with Gasteiger partial charge in [-0.25, -0.2) is 28.1 Å². The van der Waals surface area contributed by atoms with Crippen molar-refractivity contribution in [2.75, 3.05) is 17.2 Å². The maximum absolute atomic E-state index is 12.2. The van der Waals surface area contributed by atoms with E-state index in [1.54, 1.807) is 55.6 Å². The number of benzene rings is 1. The Bertz CT molecular complexity index is 1080. The molecule has 0 aliphatic heterocycles. The Morgan fingerprint density at radius 1 is 1.10 bits per heavy atom. The van der Waals surface area contributed by atoms with Crippen LogP contribution in [0.15, 0.2) is 41.4 Å². The van der Waals surface area contributed by atoms with Crippen molar-refractivity contribution in [1.82, 2.24) is 19.7 Å². The van der Waals surface area contributed by atoms with Crippen LogP contribution in [0, 0.1) is 6.92 Å². The molecular weight excluding hydrogens is 408 g/mol. The average molecular weight is 433 g/mol. The van der Waals surface area contributed by atoms with Crippen LogP contribution in [0.3, 0.4) is 0 Å². The van der Waals surface area contributed by atoms with E-state index in [0.717, 1.165) is 27.9 Å². The van der Waals surface area contributed by atoms with E-state index in [4.69, 9.17) is 0 Å². The first kappa shape index (κ1) is 21.2. The fraction of sp³-hybridized carbons (Fsp3) is 0.316. The van der Waals surface area contributed by atoms with Crippen molar-refractivity contribution in [3.8, 4) is 10.6 Å². The summed E-state index contributed by atoms with van der Waals surface area (Å²) in [5.74, 6) is 0.427. The normalized spacial score (nSPS) is 11.6. The smallest absolute Gasteiger partial charge is 0.240 e. The van der Waals surface area contributed by atoms with Gasteiger partial charge in [0.05, 0.1) is 21.2 Å². The van der Waals surface area contributed by atoms with Gasteiger partial charge in [0.15, 0.2) is 5.13 Å². The fourth-order valence-corrected chi connectivity index (χ4v) is 4.89. The van der Waals surface area contributed by atoms with Crippen LogP contribution in [-0.4, -0.2) is 36.0 Å². The Morgan fingerprint density at radius 3 is 2.48 bits per heavy atom. The van der Waals surface area contributed by atoms with Gasteiger partial charge in [-0.05, 0) is 58.0 Å². The maximum atomic E-state index is 12.2. The summed E-state index contributed by atoms with van der Waals surface area (Å²) in [5.41, 5.74) is 2.38. The predicted molar refractivity (Wildman–Crippen MR) is 117 cm³/mol. The molecule has 2 aromatic heterocycles. The predicted octanol–water partition coefficient (Wildman–Crippen LogP) is 3.77. The molecule has 10 heteroatoms. The summed E-state index contributed by atoms with van der Waals surface area (Å²) in [6.07, 6.45) is 1.68. The standard InChI is InChI=1S/C19H24N6O2S2/c1-5-20-19-22-13(4)17(28-19)16-10-11-21-18(24-16)23-14-6-8-15(9-7-14)29(26,27)25-12(2)3/h6-12,25H,5H2,1-4H3,(H,20,22)(H,21,23,24). The first-order valence-corrected chi connectivity index (χ1v) is 11.5. The molecule has 0 unspecified atom stereocenters. The Kier molecular flexibility index (Phi) is 6.46. The minimum atomic E-state index is -3.52. The van der Waals surface area contributed by atoms with Gasteiger partial charge in [0.1, 0.15) is 0 Å². The van der Waals surface area contributed by atoms with E-state index in [0.29, 0.717) is 11.6 Å². The second-order valence-corrected chi connectivity index (χ2v) is 9.37. The summed E-state index contributed by atoms with van der Waals surface area (Å²) in [7, 11) is -3.52. The SMILES string of the molecule is CCNc1nc(C)c(-c2ccnc(Nc3ccc(S(=O)(=O)NC(C)C)cc3)n2)s1. The van der Waals surface area contributed by atoms with Crippen LogP contribution < -0.4 is 15.4 Å². The molecule has 8 nitrogen and oxygen atoms in total. The van der Waals surface area contributed by atoms with Gasteiger partial charge in [-0.3, -0.25) is 0 Å². The van der Waals surface area contributed by atoms with Gasteiger partial charge in [0, 0.05) is 24.5 Å². The number of nitrogens with one attached hydrogen (secondary N) is 3. The molecule has 0 spiro atoms. The number of thiazole rings is 1. The van der Waals surface area contributed by atoms with E-state index >= 15 is 0 Å². The molecule has 29 heavy (non-hydrogen) atoms. The van der Waals surface area contributed by atoms with Crippen LogP contribution in [0.5, 0.6) is 0 Å². The summed E-state index contributed by atoms with van der Waals surface area (Å²) >= 11 is 1.55.